The molecule has 35 heavy (non-hydrogen) atoms. The molecule has 1 saturated heterocycles. The van der Waals surface area contributed by atoms with Gasteiger partial charge in [0, 0.05) is 13.7 Å². The number of methoxy groups -OCH3 is 2. The molecule has 1 fully saturated rings. The van der Waals surface area contributed by atoms with Crippen molar-refractivity contribution in [2.45, 2.75) is 64.9 Å². The Morgan fingerprint density at radius 2 is 1.74 bits per heavy atom. The molecule has 0 saturated carbocycles. The summed E-state index contributed by atoms with van der Waals surface area (Å²) < 4.78 is 69.0. The Morgan fingerprint density at radius 3 is 2.23 bits per heavy atom. The first kappa shape index (κ1) is 32.2. The van der Waals surface area contributed by atoms with E-state index < -0.39 is 52.3 Å². The molecule has 2 N–H and O–H groups in total. The van der Waals surface area contributed by atoms with Crippen molar-refractivity contribution in [1.29, 1.82) is 0 Å². The first-order valence-electron chi connectivity index (χ1n) is 10.9. The first-order valence-corrected chi connectivity index (χ1v) is 12.3. The Labute approximate surface area is 229 Å². The normalized spacial score (nSPS) is 24.9. The Morgan fingerprint density at radius 1 is 1.11 bits per heavy atom. The zero-order valence-electron chi connectivity index (χ0n) is 20.3. The second-order valence-electron chi connectivity index (χ2n) is 8.79. The molecule has 5 atom stereocenters. The van der Waals surface area contributed by atoms with Crippen LogP contribution in [0.25, 0.3) is 0 Å². The van der Waals surface area contributed by atoms with Crippen LogP contribution in [0.4, 0.5) is 0 Å². The van der Waals surface area contributed by atoms with Gasteiger partial charge in [0.15, 0.2) is 6.29 Å². The molecular weight excluding hydrogens is 493 g/mol. The van der Waals surface area contributed by atoms with Crippen LogP contribution in [0.5, 0.6) is 5.75 Å². The molecule has 11 nitrogen and oxygen atoms in total. The van der Waals surface area contributed by atoms with Gasteiger partial charge < -0.3 is 28.4 Å². The minimum absolute atomic E-state index is 0. The number of hydrogen-bond donors (Lipinski definition) is 2. The average molecular weight is 530 g/mol. The number of hydrogen-bond acceptors (Lipinski definition) is 9. The molecule has 1 aliphatic rings. The third-order valence-electron chi connectivity index (χ3n) is 5.12. The Kier molecular flexibility index (Phi) is 13.1. The number of ether oxygens (including phenoxy) is 6. The van der Waals surface area contributed by atoms with Gasteiger partial charge in [0.2, 0.25) is 0 Å². The van der Waals surface area contributed by atoms with Gasteiger partial charge in [0.05, 0.1) is 25.2 Å². The number of nitrogens with one attached hydrogen (secondary N) is 1. The van der Waals surface area contributed by atoms with E-state index in [0.29, 0.717) is 5.75 Å². The van der Waals surface area contributed by atoms with Crippen molar-refractivity contribution in [2.24, 2.45) is 5.41 Å². The van der Waals surface area contributed by atoms with Crippen molar-refractivity contribution in [3.63, 3.8) is 0 Å². The summed E-state index contributed by atoms with van der Waals surface area (Å²) in [6.07, 6.45) is -3.89. The summed E-state index contributed by atoms with van der Waals surface area (Å²) in [6, 6.07) is 6.00. The SMILES string of the molecule is CCO[C@@H]1[C@@H](OC)O[C@H](COC(=O)C(C)(C)C)[C@@H](OCc2ccc(OC)cc2)[C@@H]1NS(=O)(=O)O.[NaH]. The summed E-state index contributed by atoms with van der Waals surface area (Å²) in [5.74, 6) is 0.201. The van der Waals surface area contributed by atoms with Crippen LogP contribution in [-0.2, 0) is 45.4 Å². The first-order chi connectivity index (χ1) is 15.9. The van der Waals surface area contributed by atoms with Crippen LogP contribution in [0.1, 0.15) is 33.3 Å². The van der Waals surface area contributed by atoms with E-state index in [4.69, 9.17) is 28.4 Å². The molecule has 0 spiro atoms. The zero-order chi connectivity index (χ0) is 25.5. The fraction of sp³-hybridized carbons (Fsp3) is 0.682. The molecule has 1 aliphatic heterocycles. The molecule has 0 amide bonds. The van der Waals surface area contributed by atoms with Crippen LogP contribution < -0.4 is 9.46 Å². The van der Waals surface area contributed by atoms with Crippen molar-refractivity contribution in [1.82, 2.24) is 4.72 Å². The predicted molar refractivity (Wildman–Crippen MR) is 129 cm³/mol. The summed E-state index contributed by atoms with van der Waals surface area (Å²) in [5.41, 5.74) is 0.0213. The molecular formula is C22H36NNaO10S. The zero-order valence-corrected chi connectivity index (χ0v) is 21.2. The quantitative estimate of drug-likeness (QED) is 0.243. The number of carbonyl (C=O) groups is 1. The Balaban J connectivity index is 0.00000612. The number of benzene rings is 1. The molecule has 0 aliphatic carbocycles. The van der Waals surface area contributed by atoms with E-state index in [0.717, 1.165) is 5.56 Å². The molecule has 13 heteroatoms. The molecule has 1 aromatic carbocycles. The van der Waals surface area contributed by atoms with Crippen molar-refractivity contribution >= 4 is 45.8 Å². The molecule has 0 aromatic heterocycles. The third kappa shape index (κ3) is 9.88. The second kappa shape index (κ2) is 14.2. The maximum absolute atomic E-state index is 12.3. The molecule has 0 radical (unpaired) electrons. The summed E-state index contributed by atoms with van der Waals surface area (Å²) in [7, 11) is -1.73. The topological polar surface area (TPSA) is 139 Å². The summed E-state index contributed by atoms with van der Waals surface area (Å²) in [6.45, 7) is 6.91. The van der Waals surface area contributed by atoms with Crippen LogP contribution in [0.2, 0.25) is 0 Å². The van der Waals surface area contributed by atoms with Crippen LogP contribution in [-0.4, -0.2) is 107 Å². The third-order valence-corrected chi connectivity index (χ3v) is 5.69. The summed E-state index contributed by atoms with van der Waals surface area (Å²) >= 11 is 0. The van der Waals surface area contributed by atoms with Gasteiger partial charge in [-0.1, -0.05) is 12.1 Å². The molecule has 2 rings (SSSR count). The van der Waals surface area contributed by atoms with Crippen molar-refractivity contribution in [3.05, 3.63) is 29.8 Å². The van der Waals surface area contributed by atoms with Gasteiger partial charge in [0.1, 0.15) is 30.7 Å². The van der Waals surface area contributed by atoms with Gasteiger partial charge in [-0.05, 0) is 45.4 Å². The predicted octanol–water partition coefficient (Wildman–Crippen LogP) is 1.06. The van der Waals surface area contributed by atoms with Crippen LogP contribution in [0.15, 0.2) is 24.3 Å². The van der Waals surface area contributed by atoms with Gasteiger partial charge in [0.25, 0.3) is 0 Å². The number of esters is 1. The van der Waals surface area contributed by atoms with E-state index >= 15 is 0 Å². The van der Waals surface area contributed by atoms with E-state index in [2.05, 4.69) is 4.72 Å². The van der Waals surface area contributed by atoms with Gasteiger partial charge in [-0.25, -0.2) is 0 Å². The standard InChI is InChI=1S/C22H35NO10S.Na.H/c1-7-30-19-17(23-34(25,26)27)18(31-12-14-8-10-15(28-5)11-9-14)16(33-20(19)29-6)13-32-21(24)22(2,3)4;;/h8-11,16-20,23H,7,12-13H2,1-6H3,(H,25,26,27);;/t16-,17+,18-,19+,20+;;/m1../s1. The van der Waals surface area contributed by atoms with Crippen LogP contribution >= 0.6 is 0 Å². The fourth-order valence-corrected chi connectivity index (χ4v) is 4.03. The number of carbonyl (C=O) groups excluding carboxylic acids is 1. The Hall–Kier alpha value is -0.800. The second-order valence-corrected chi connectivity index (χ2v) is 9.98. The van der Waals surface area contributed by atoms with Gasteiger partial charge in [-0.2, -0.15) is 13.1 Å². The molecule has 0 bridgehead atoms. The van der Waals surface area contributed by atoms with E-state index in [-0.39, 0.29) is 49.4 Å². The van der Waals surface area contributed by atoms with Gasteiger partial charge in [-0.15, -0.1) is 0 Å². The minimum atomic E-state index is -4.65. The fourth-order valence-electron chi connectivity index (χ4n) is 3.42. The van der Waals surface area contributed by atoms with Crippen LogP contribution in [0.3, 0.4) is 0 Å². The van der Waals surface area contributed by atoms with Crippen molar-refractivity contribution in [2.75, 3.05) is 27.4 Å². The molecule has 0 unspecified atom stereocenters. The van der Waals surface area contributed by atoms with Crippen molar-refractivity contribution < 1.29 is 46.2 Å². The van der Waals surface area contributed by atoms with E-state index in [1.165, 1.54) is 7.11 Å². The monoisotopic (exact) mass is 529 g/mol. The Bertz CT molecular complexity index is 890. The van der Waals surface area contributed by atoms with E-state index in [9.17, 15) is 17.8 Å². The molecule has 1 heterocycles. The van der Waals surface area contributed by atoms with Gasteiger partial charge >= 0.3 is 45.8 Å². The average Bonchev–Trinajstić information content (AvgIpc) is 2.76. The summed E-state index contributed by atoms with van der Waals surface area (Å²) in [4.78, 5) is 12.3. The maximum atomic E-state index is 12.3. The van der Waals surface area contributed by atoms with Crippen molar-refractivity contribution in [3.8, 4) is 5.75 Å². The molecule has 196 valence electrons. The van der Waals surface area contributed by atoms with E-state index in [1.54, 1.807) is 59.1 Å². The molecule has 1 aromatic rings. The summed E-state index contributed by atoms with van der Waals surface area (Å²) in [5, 5.41) is 0. The van der Waals surface area contributed by atoms with E-state index in [1.807, 2.05) is 0 Å². The van der Waals surface area contributed by atoms with Crippen LogP contribution in [0, 0.1) is 5.41 Å². The van der Waals surface area contributed by atoms with Gasteiger partial charge in [-0.3, -0.25) is 9.35 Å². The number of rotatable bonds is 11.